The average molecular weight is 282 g/mol. The molecule has 1 unspecified atom stereocenters. The van der Waals surface area contributed by atoms with E-state index in [0.717, 1.165) is 4.47 Å². The molecule has 0 radical (unpaired) electrons. The summed E-state index contributed by atoms with van der Waals surface area (Å²) >= 11 is 5.31. The van der Waals surface area contributed by atoms with Gasteiger partial charge in [0.2, 0.25) is 0 Å². The summed E-state index contributed by atoms with van der Waals surface area (Å²) in [5, 5.41) is 0. The fourth-order valence-corrected chi connectivity index (χ4v) is 3.03. The Balaban J connectivity index is 2.42. The van der Waals surface area contributed by atoms with Crippen LogP contribution in [0, 0.1) is 0 Å². The predicted molar refractivity (Wildman–Crippen MR) is 70.1 cm³/mol. The topological polar surface area (TPSA) is 26.0 Å². The molecule has 1 nitrogen and oxygen atoms in total. The fourth-order valence-electron chi connectivity index (χ4n) is 1.40. The molecule has 78 valence electrons. The Hall–Kier alpha value is -0.640. The lowest BCUT2D eigenvalue weighted by Gasteiger charge is -2.01. The van der Waals surface area contributed by atoms with Gasteiger partial charge in [-0.1, -0.05) is 34.1 Å². The number of halogens is 1. The first-order valence-corrected chi connectivity index (χ1v) is 6.39. The maximum atomic E-state index is 5.84. The van der Waals surface area contributed by atoms with Crippen LogP contribution in [0.5, 0.6) is 0 Å². The van der Waals surface area contributed by atoms with Gasteiger partial charge in [0.15, 0.2) is 0 Å². The Morgan fingerprint density at radius 1 is 1.20 bits per heavy atom. The summed E-state index contributed by atoms with van der Waals surface area (Å²) in [7, 11) is 0. The summed E-state index contributed by atoms with van der Waals surface area (Å²) in [5.74, 6) is 0. The minimum Gasteiger partial charge on any atom is -0.324 e. The zero-order chi connectivity index (χ0) is 10.8. The molecule has 3 heteroatoms. The van der Waals surface area contributed by atoms with E-state index >= 15 is 0 Å². The van der Waals surface area contributed by atoms with Crippen LogP contribution >= 0.6 is 27.3 Å². The van der Waals surface area contributed by atoms with Crippen LogP contribution in [0.3, 0.4) is 0 Å². The molecule has 0 saturated carbocycles. The van der Waals surface area contributed by atoms with Crippen LogP contribution in [0.4, 0.5) is 0 Å². The van der Waals surface area contributed by atoms with Crippen molar-refractivity contribution in [2.24, 2.45) is 5.73 Å². The first-order chi connectivity index (χ1) is 7.18. The Morgan fingerprint density at radius 3 is 2.53 bits per heavy atom. The van der Waals surface area contributed by atoms with Gasteiger partial charge in [0.1, 0.15) is 0 Å². The second-order valence-corrected chi connectivity index (χ2v) is 5.44. The minimum absolute atomic E-state index is 0.117. The Kier molecular flexibility index (Phi) is 3.24. The van der Waals surface area contributed by atoms with E-state index in [2.05, 4.69) is 40.2 Å². The third-order valence-electron chi connectivity index (χ3n) is 2.21. The summed E-state index contributed by atoms with van der Waals surface area (Å²) in [6, 6.07) is 12.6. The lowest BCUT2D eigenvalue weighted by molar-refractivity contribution is 0.838. The number of nitrogens with two attached hydrogens (primary N) is 1. The van der Waals surface area contributed by atoms with Gasteiger partial charge in [-0.15, -0.1) is 11.3 Å². The van der Waals surface area contributed by atoms with E-state index in [-0.39, 0.29) is 6.04 Å². The number of hydrogen-bond acceptors (Lipinski definition) is 2. The van der Waals surface area contributed by atoms with E-state index in [4.69, 9.17) is 5.73 Å². The summed E-state index contributed by atoms with van der Waals surface area (Å²) in [6.45, 7) is 2.01. The van der Waals surface area contributed by atoms with E-state index in [9.17, 15) is 0 Å². The second kappa shape index (κ2) is 4.47. The smallest absolute Gasteiger partial charge is 0.0361 e. The maximum absolute atomic E-state index is 5.84. The average Bonchev–Trinajstić information content (AvgIpc) is 2.67. The Bertz CT molecular complexity index is 462. The SMILES string of the molecule is CC(N)c1ccc(-c2ccccc2Br)s1. The van der Waals surface area contributed by atoms with Crippen LogP contribution in [-0.2, 0) is 0 Å². The largest absolute Gasteiger partial charge is 0.324 e. The summed E-state index contributed by atoms with van der Waals surface area (Å²) in [6.07, 6.45) is 0. The molecule has 0 aliphatic rings. The lowest BCUT2D eigenvalue weighted by Crippen LogP contribution is -2.01. The molecule has 0 bridgehead atoms. The standard InChI is InChI=1S/C12H12BrNS/c1-8(14)11-6-7-12(15-11)9-4-2-3-5-10(9)13/h2-8H,14H2,1H3. The monoisotopic (exact) mass is 281 g/mol. The van der Waals surface area contributed by atoms with E-state index in [1.807, 2.05) is 19.1 Å². The first-order valence-electron chi connectivity index (χ1n) is 4.78. The summed E-state index contributed by atoms with van der Waals surface area (Å²) < 4.78 is 1.13. The molecule has 2 N–H and O–H groups in total. The third-order valence-corrected chi connectivity index (χ3v) is 4.23. The molecule has 2 rings (SSSR count). The molecular formula is C12H12BrNS. The molecule has 0 aliphatic heterocycles. The molecule has 0 spiro atoms. The van der Waals surface area contributed by atoms with Crippen molar-refractivity contribution in [3.05, 3.63) is 45.7 Å². The Morgan fingerprint density at radius 2 is 1.93 bits per heavy atom. The van der Waals surface area contributed by atoms with Gasteiger partial charge in [0.25, 0.3) is 0 Å². The van der Waals surface area contributed by atoms with Crippen LogP contribution in [-0.4, -0.2) is 0 Å². The molecule has 1 heterocycles. The van der Waals surface area contributed by atoms with Crippen molar-refractivity contribution in [1.82, 2.24) is 0 Å². The molecule has 1 aromatic heterocycles. The molecule has 15 heavy (non-hydrogen) atoms. The van der Waals surface area contributed by atoms with Crippen molar-refractivity contribution in [2.45, 2.75) is 13.0 Å². The number of rotatable bonds is 2. The molecule has 1 atom stereocenters. The molecular weight excluding hydrogens is 270 g/mol. The van der Waals surface area contributed by atoms with Crippen LogP contribution in [0.2, 0.25) is 0 Å². The van der Waals surface area contributed by atoms with Gasteiger partial charge in [0, 0.05) is 25.8 Å². The van der Waals surface area contributed by atoms with Crippen LogP contribution < -0.4 is 5.73 Å². The van der Waals surface area contributed by atoms with E-state index in [1.54, 1.807) is 11.3 Å². The van der Waals surface area contributed by atoms with Crippen LogP contribution in [0.15, 0.2) is 40.9 Å². The van der Waals surface area contributed by atoms with Crippen molar-refractivity contribution < 1.29 is 0 Å². The highest BCUT2D eigenvalue weighted by Gasteiger charge is 2.07. The van der Waals surface area contributed by atoms with Crippen molar-refractivity contribution in [3.8, 4) is 10.4 Å². The molecule has 2 aromatic rings. The first kappa shape index (κ1) is 10.9. The molecule has 0 amide bonds. The Labute approximate surface area is 102 Å². The normalized spacial score (nSPS) is 12.7. The van der Waals surface area contributed by atoms with Crippen molar-refractivity contribution in [2.75, 3.05) is 0 Å². The highest BCUT2D eigenvalue weighted by atomic mass is 79.9. The van der Waals surface area contributed by atoms with Gasteiger partial charge in [-0.3, -0.25) is 0 Å². The van der Waals surface area contributed by atoms with Gasteiger partial charge in [-0.25, -0.2) is 0 Å². The van der Waals surface area contributed by atoms with Gasteiger partial charge < -0.3 is 5.73 Å². The van der Waals surface area contributed by atoms with Gasteiger partial charge in [-0.2, -0.15) is 0 Å². The lowest BCUT2D eigenvalue weighted by atomic mass is 10.2. The molecule has 0 aliphatic carbocycles. The van der Waals surface area contributed by atoms with Gasteiger partial charge in [-0.05, 0) is 25.1 Å². The van der Waals surface area contributed by atoms with E-state index in [1.165, 1.54) is 15.3 Å². The number of thiophene rings is 1. The van der Waals surface area contributed by atoms with E-state index in [0.29, 0.717) is 0 Å². The zero-order valence-corrected chi connectivity index (χ0v) is 10.8. The van der Waals surface area contributed by atoms with Gasteiger partial charge in [0.05, 0.1) is 0 Å². The predicted octanol–water partition coefficient (Wildman–Crippen LogP) is 4.20. The van der Waals surface area contributed by atoms with Crippen molar-refractivity contribution in [1.29, 1.82) is 0 Å². The number of hydrogen-bond donors (Lipinski definition) is 1. The van der Waals surface area contributed by atoms with Gasteiger partial charge >= 0.3 is 0 Å². The minimum atomic E-state index is 0.117. The second-order valence-electron chi connectivity index (χ2n) is 3.47. The van der Waals surface area contributed by atoms with Crippen molar-refractivity contribution >= 4 is 27.3 Å². The quantitative estimate of drug-likeness (QED) is 0.877. The zero-order valence-electron chi connectivity index (χ0n) is 8.41. The highest BCUT2D eigenvalue weighted by molar-refractivity contribution is 9.10. The summed E-state index contributed by atoms with van der Waals surface area (Å²) in [5.41, 5.74) is 7.07. The van der Waals surface area contributed by atoms with Crippen LogP contribution in [0.25, 0.3) is 10.4 Å². The van der Waals surface area contributed by atoms with E-state index < -0.39 is 0 Å². The fraction of sp³-hybridized carbons (Fsp3) is 0.167. The highest BCUT2D eigenvalue weighted by Crippen LogP contribution is 2.34. The molecule has 1 aromatic carbocycles. The van der Waals surface area contributed by atoms with Crippen LogP contribution in [0.1, 0.15) is 17.8 Å². The number of benzene rings is 1. The molecule has 0 saturated heterocycles. The van der Waals surface area contributed by atoms with Crippen molar-refractivity contribution in [3.63, 3.8) is 0 Å². The maximum Gasteiger partial charge on any atom is 0.0361 e. The summed E-state index contributed by atoms with van der Waals surface area (Å²) in [4.78, 5) is 2.48. The molecule has 0 fully saturated rings. The third kappa shape index (κ3) is 2.30.